The molecule has 3 fully saturated rings. The number of carboxylic acids is 1. The van der Waals surface area contributed by atoms with Crippen LogP contribution in [0.4, 0.5) is 0 Å². The first-order chi connectivity index (χ1) is 10.5. The third-order valence-corrected chi connectivity index (χ3v) is 5.81. The lowest BCUT2D eigenvalue weighted by molar-refractivity contribution is -0.139. The van der Waals surface area contributed by atoms with Crippen LogP contribution in [0.5, 0.6) is 0 Å². The second kappa shape index (κ2) is 6.88. The Hall–Kier alpha value is -0.610. The van der Waals surface area contributed by atoms with Crippen molar-refractivity contribution in [3.8, 4) is 0 Å². The average molecular weight is 308 g/mol. The molecule has 4 heteroatoms. The van der Waals surface area contributed by atoms with Crippen molar-refractivity contribution in [2.75, 3.05) is 13.1 Å². The lowest BCUT2D eigenvalue weighted by Crippen LogP contribution is -2.56. The van der Waals surface area contributed by atoms with Gasteiger partial charge in [0, 0.05) is 24.7 Å². The first kappa shape index (κ1) is 16.3. The zero-order valence-corrected chi connectivity index (χ0v) is 14.1. The summed E-state index contributed by atoms with van der Waals surface area (Å²) in [5.41, 5.74) is 0. The minimum atomic E-state index is -0.674. The second-order valence-corrected chi connectivity index (χ2v) is 8.37. The number of nitrogens with zero attached hydrogens (tertiary/aromatic N) is 1. The van der Waals surface area contributed by atoms with Gasteiger partial charge in [0.05, 0.1) is 6.54 Å². The molecule has 0 heterocycles. The standard InChI is InChI=1S/C18H32N2O2/c1-12-5-13(2)7-15(6-12)19-16-8-17(9-16)20(11-18(21)22)10-14-3-4-14/h12-17,19H,3-11H2,1-2H3,(H,21,22). The van der Waals surface area contributed by atoms with Crippen LogP contribution >= 0.6 is 0 Å². The Morgan fingerprint density at radius 1 is 1.05 bits per heavy atom. The van der Waals surface area contributed by atoms with Crippen molar-refractivity contribution < 1.29 is 9.90 Å². The van der Waals surface area contributed by atoms with Gasteiger partial charge in [-0.3, -0.25) is 9.69 Å². The fourth-order valence-corrected chi connectivity index (χ4v) is 4.59. The van der Waals surface area contributed by atoms with E-state index in [1.807, 2.05) is 0 Å². The van der Waals surface area contributed by atoms with Crippen molar-refractivity contribution in [3.05, 3.63) is 0 Å². The Balaban J connectivity index is 1.42. The first-order valence-electron chi connectivity index (χ1n) is 9.21. The van der Waals surface area contributed by atoms with E-state index in [2.05, 4.69) is 24.1 Å². The van der Waals surface area contributed by atoms with Gasteiger partial charge in [-0.05, 0) is 62.7 Å². The van der Waals surface area contributed by atoms with Gasteiger partial charge >= 0.3 is 5.97 Å². The molecule has 0 aromatic carbocycles. The smallest absolute Gasteiger partial charge is 0.317 e. The van der Waals surface area contributed by atoms with Crippen molar-refractivity contribution in [2.45, 2.75) is 76.9 Å². The lowest BCUT2D eigenvalue weighted by atomic mass is 9.78. The topological polar surface area (TPSA) is 52.6 Å². The summed E-state index contributed by atoms with van der Waals surface area (Å²) in [6.07, 6.45) is 8.86. The van der Waals surface area contributed by atoms with Gasteiger partial charge in [-0.2, -0.15) is 0 Å². The number of rotatable bonds is 7. The highest BCUT2D eigenvalue weighted by Crippen LogP contribution is 2.35. The van der Waals surface area contributed by atoms with E-state index in [4.69, 9.17) is 5.11 Å². The minimum absolute atomic E-state index is 0.228. The van der Waals surface area contributed by atoms with Crippen molar-refractivity contribution in [1.82, 2.24) is 10.2 Å². The van der Waals surface area contributed by atoms with E-state index in [9.17, 15) is 4.79 Å². The third-order valence-electron chi connectivity index (χ3n) is 5.81. The zero-order chi connectivity index (χ0) is 15.7. The molecule has 3 rings (SSSR count). The summed E-state index contributed by atoms with van der Waals surface area (Å²) in [4.78, 5) is 13.3. The quantitative estimate of drug-likeness (QED) is 0.759. The first-order valence-corrected chi connectivity index (χ1v) is 9.21. The molecule has 0 aromatic rings. The summed E-state index contributed by atoms with van der Waals surface area (Å²) in [7, 11) is 0. The highest BCUT2D eigenvalue weighted by molar-refractivity contribution is 5.69. The Morgan fingerprint density at radius 3 is 2.18 bits per heavy atom. The molecular formula is C18H32N2O2. The van der Waals surface area contributed by atoms with Crippen LogP contribution in [0, 0.1) is 17.8 Å². The summed E-state index contributed by atoms with van der Waals surface area (Å²) in [5, 5.41) is 13.0. The molecule has 0 radical (unpaired) electrons. The van der Waals surface area contributed by atoms with E-state index in [1.54, 1.807) is 0 Å². The highest BCUT2D eigenvalue weighted by atomic mass is 16.4. The number of hydrogen-bond acceptors (Lipinski definition) is 3. The van der Waals surface area contributed by atoms with E-state index >= 15 is 0 Å². The van der Waals surface area contributed by atoms with Crippen molar-refractivity contribution in [2.24, 2.45) is 17.8 Å². The van der Waals surface area contributed by atoms with Gasteiger partial charge in [0.1, 0.15) is 0 Å². The summed E-state index contributed by atoms with van der Waals surface area (Å²) in [6, 6.07) is 1.79. The molecule has 3 aliphatic carbocycles. The van der Waals surface area contributed by atoms with Crippen LogP contribution in [0.15, 0.2) is 0 Å². The monoisotopic (exact) mass is 308 g/mol. The largest absolute Gasteiger partial charge is 0.480 e. The molecule has 0 saturated heterocycles. The van der Waals surface area contributed by atoms with Gasteiger partial charge in [0.2, 0.25) is 0 Å². The zero-order valence-electron chi connectivity index (χ0n) is 14.1. The number of carboxylic acid groups (broad SMARTS) is 1. The maximum absolute atomic E-state index is 11.1. The second-order valence-electron chi connectivity index (χ2n) is 8.37. The van der Waals surface area contributed by atoms with Gasteiger partial charge in [-0.1, -0.05) is 13.8 Å². The minimum Gasteiger partial charge on any atom is -0.480 e. The molecule has 4 nitrogen and oxygen atoms in total. The number of nitrogens with one attached hydrogen (secondary N) is 1. The van der Waals surface area contributed by atoms with Crippen molar-refractivity contribution >= 4 is 5.97 Å². The molecule has 0 amide bonds. The van der Waals surface area contributed by atoms with Crippen LogP contribution in [0.25, 0.3) is 0 Å². The predicted octanol–water partition coefficient (Wildman–Crippen LogP) is 2.73. The highest BCUT2D eigenvalue weighted by Gasteiger charge is 2.38. The normalized spacial score (nSPS) is 38.8. The summed E-state index contributed by atoms with van der Waals surface area (Å²) < 4.78 is 0. The Bertz CT molecular complexity index is 381. The maximum atomic E-state index is 11.1. The molecule has 2 N–H and O–H groups in total. The van der Waals surface area contributed by atoms with Crippen LogP contribution in [-0.2, 0) is 4.79 Å². The number of aliphatic carboxylic acids is 1. The van der Waals surface area contributed by atoms with Gasteiger partial charge in [-0.25, -0.2) is 0 Å². The molecule has 22 heavy (non-hydrogen) atoms. The fraction of sp³-hybridized carbons (Fsp3) is 0.944. The molecule has 2 unspecified atom stereocenters. The fourth-order valence-electron chi connectivity index (χ4n) is 4.59. The summed E-state index contributed by atoms with van der Waals surface area (Å²) in [6.45, 7) is 5.98. The predicted molar refractivity (Wildman–Crippen MR) is 87.8 cm³/mol. The lowest BCUT2D eigenvalue weighted by Gasteiger charge is -2.45. The van der Waals surface area contributed by atoms with Gasteiger partial charge < -0.3 is 10.4 Å². The molecule has 0 aliphatic heterocycles. The van der Waals surface area contributed by atoms with E-state index in [0.29, 0.717) is 18.1 Å². The average Bonchev–Trinajstić information content (AvgIpc) is 3.14. The maximum Gasteiger partial charge on any atom is 0.317 e. The van der Waals surface area contributed by atoms with E-state index in [1.165, 1.54) is 32.1 Å². The Morgan fingerprint density at radius 2 is 1.64 bits per heavy atom. The van der Waals surface area contributed by atoms with E-state index < -0.39 is 5.97 Å². The van der Waals surface area contributed by atoms with E-state index in [0.717, 1.165) is 37.1 Å². The Labute approximate surface area is 134 Å². The van der Waals surface area contributed by atoms with Gasteiger partial charge in [-0.15, -0.1) is 0 Å². The van der Waals surface area contributed by atoms with Crippen molar-refractivity contribution in [1.29, 1.82) is 0 Å². The van der Waals surface area contributed by atoms with Crippen LogP contribution in [0.1, 0.15) is 58.8 Å². The molecule has 0 spiro atoms. The Kier molecular flexibility index (Phi) is 5.08. The van der Waals surface area contributed by atoms with Crippen LogP contribution in [0.3, 0.4) is 0 Å². The molecule has 2 atom stereocenters. The van der Waals surface area contributed by atoms with Crippen molar-refractivity contribution in [3.63, 3.8) is 0 Å². The van der Waals surface area contributed by atoms with Crippen LogP contribution in [-0.4, -0.2) is 47.2 Å². The molecule has 126 valence electrons. The molecule has 3 saturated carbocycles. The van der Waals surface area contributed by atoms with Crippen LogP contribution < -0.4 is 5.32 Å². The number of hydrogen-bond donors (Lipinski definition) is 2. The molecule has 3 aliphatic rings. The SMILES string of the molecule is CC1CC(C)CC(NC2CC(N(CC(=O)O)CC3CC3)C2)C1. The third kappa shape index (κ3) is 4.45. The molecular weight excluding hydrogens is 276 g/mol. The summed E-state index contributed by atoms with van der Waals surface area (Å²) >= 11 is 0. The van der Waals surface area contributed by atoms with Gasteiger partial charge in [0.15, 0.2) is 0 Å². The van der Waals surface area contributed by atoms with Gasteiger partial charge in [0.25, 0.3) is 0 Å². The molecule has 0 bridgehead atoms. The number of carbonyl (C=O) groups is 1. The summed E-state index contributed by atoms with van der Waals surface area (Å²) in [5.74, 6) is 1.78. The van der Waals surface area contributed by atoms with E-state index in [-0.39, 0.29) is 6.54 Å². The van der Waals surface area contributed by atoms with Crippen LogP contribution in [0.2, 0.25) is 0 Å². The molecule has 0 aromatic heterocycles.